The Morgan fingerprint density at radius 1 is 1.19 bits per heavy atom. The number of fused-ring (bicyclic) bond motifs is 1. The van der Waals surface area contributed by atoms with Gasteiger partial charge in [-0.15, -0.1) is 0 Å². The molecule has 4 bridgehead atoms. The van der Waals surface area contributed by atoms with Crippen LogP contribution in [0.2, 0.25) is 0 Å². The summed E-state index contributed by atoms with van der Waals surface area (Å²) in [6.45, 7) is 1.40. The molecule has 0 atom stereocenters. The molecule has 4 fully saturated rings. The predicted molar refractivity (Wildman–Crippen MR) is 101 cm³/mol. The van der Waals surface area contributed by atoms with Crippen molar-refractivity contribution in [1.29, 1.82) is 0 Å². The highest BCUT2D eigenvalue weighted by Crippen LogP contribution is 2.59. The van der Waals surface area contributed by atoms with E-state index in [4.69, 9.17) is 5.73 Å². The molecule has 4 saturated carbocycles. The average Bonchev–Trinajstić information content (AvgIpc) is 3.01. The number of rotatable bonds is 5. The summed E-state index contributed by atoms with van der Waals surface area (Å²) in [5, 5.41) is 3.28. The van der Waals surface area contributed by atoms with E-state index in [0.717, 1.165) is 42.1 Å². The summed E-state index contributed by atoms with van der Waals surface area (Å²) in [6.07, 6.45) is 10.9. The van der Waals surface area contributed by atoms with E-state index in [-0.39, 0.29) is 5.91 Å². The monoisotopic (exact) mass is 352 g/mol. The van der Waals surface area contributed by atoms with Gasteiger partial charge in [-0.05, 0) is 80.4 Å². The number of hydrogen-bond donors (Lipinski definition) is 2. The molecule has 4 aliphatic rings. The number of nitrogens with one attached hydrogen (secondary N) is 1. The van der Waals surface area contributed by atoms with Crippen LogP contribution in [-0.2, 0) is 6.42 Å². The molecule has 138 valence electrons. The number of aromatic nitrogens is 2. The molecule has 0 unspecified atom stereocenters. The lowest BCUT2D eigenvalue weighted by Crippen LogP contribution is -2.51. The first-order chi connectivity index (χ1) is 12.6. The zero-order valence-corrected chi connectivity index (χ0v) is 15.3. The van der Waals surface area contributed by atoms with Crippen molar-refractivity contribution < 1.29 is 4.79 Å². The predicted octanol–water partition coefficient (Wildman–Crippen LogP) is 2.78. The van der Waals surface area contributed by atoms with Gasteiger partial charge in [-0.25, -0.2) is 4.98 Å². The molecule has 26 heavy (non-hydrogen) atoms. The number of carbonyl (C=O) groups is 1. The molecule has 6 rings (SSSR count). The molecule has 5 nitrogen and oxygen atoms in total. The Labute approximate surface area is 154 Å². The Hall–Kier alpha value is -1.88. The van der Waals surface area contributed by atoms with Crippen LogP contribution in [0.15, 0.2) is 24.4 Å². The fourth-order valence-corrected chi connectivity index (χ4v) is 6.38. The Morgan fingerprint density at radius 3 is 2.54 bits per heavy atom. The van der Waals surface area contributed by atoms with E-state index >= 15 is 0 Å². The fourth-order valence-electron chi connectivity index (χ4n) is 6.38. The van der Waals surface area contributed by atoms with Gasteiger partial charge in [0.15, 0.2) is 0 Å². The molecule has 0 radical (unpaired) electrons. The number of imidazole rings is 1. The van der Waals surface area contributed by atoms with Crippen molar-refractivity contribution in [2.75, 3.05) is 13.1 Å². The summed E-state index contributed by atoms with van der Waals surface area (Å²) in [5.41, 5.74) is 8.43. The normalized spacial score (nSPS) is 32.3. The second kappa shape index (κ2) is 6.08. The van der Waals surface area contributed by atoms with Crippen LogP contribution in [0.25, 0.3) is 5.65 Å². The van der Waals surface area contributed by atoms with Crippen molar-refractivity contribution in [2.45, 2.75) is 44.9 Å². The standard InChI is InChI=1S/C21H28N4O/c22-5-4-17-12-25-18(2-1-3-19(25)24-17)20(26)23-13-21-9-14-6-15(10-21)8-16(7-14)11-21/h1-3,12,14-16H,4-11,13,22H2,(H,23,26). The minimum Gasteiger partial charge on any atom is -0.350 e. The Morgan fingerprint density at radius 2 is 1.88 bits per heavy atom. The molecule has 2 heterocycles. The first-order valence-corrected chi connectivity index (χ1v) is 10.1. The molecular weight excluding hydrogens is 324 g/mol. The number of pyridine rings is 1. The van der Waals surface area contributed by atoms with Gasteiger partial charge in [0, 0.05) is 19.2 Å². The van der Waals surface area contributed by atoms with Crippen LogP contribution in [0.3, 0.4) is 0 Å². The Kier molecular flexibility index (Phi) is 3.82. The van der Waals surface area contributed by atoms with Gasteiger partial charge in [0.2, 0.25) is 0 Å². The van der Waals surface area contributed by atoms with E-state index in [9.17, 15) is 4.79 Å². The summed E-state index contributed by atoms with van der Waals surface area (Å²) in [6, 6.07) is 5.74. The van der Waals surface area contributed by atoms with Crippen molar-refractivity contribution in [3.05, 3.63) is 35.8 Å². The van der Waals surface area contributed by atoms with E-state index in [2.05, 4.69) is 10.3 Å². The number of carbonyl (C=O) groups excluding carboxylic acids is 1. The van der Waals surface area contributed by atoms with Gasteiger partial charge in [0.25, 0.3) is 5.91 Å². The van der Waals surface area contributed by atoms with Crippen LogP contribution in [-0.4, -0.2) is 28.4 Å². The molecule has 0 aliphatic heterocycles. The summed E-state index contributed by atoms with van der Waals surface area (Å²) < 4.78 is 1.90. The molecule has 4 aliphatic carbocycles. The average molecular weight is 352 g/mol. The fraction of sp³-hybridized carbons (Fsp3) is 0.619. The lowest BCUT2D eigenvalue weighted by Gasteiger charge is -2.56. The van der Waals surface area contributed by atoms with Crippen molar-refractivity contribution in [3.8, 4) is 0 Å². The highest BCUT2D eigenvalue weighted by atomic mass is 16.1. The maximum atomic E-state index is 12.9. The summed E-state index contributed by atoms with van der Waals surface area (Å²) in [7, 11) is 0. The van der Waals surface area contributed by atoms with Gasteiger partial charge < -0.3 is 11.1 Å². The van der Waals surface area contributed by atoms with E-state index in [1.807, 2.05) is 28.8 Å². The van der Waals surface area contributed by atoms with Gasteiger partial charge in [-0.3, -0.25) is 9.20 Å². The SMILES string of the molecule is NCCc1cn2c(C(=O)NCC34CC5CC(CC(C5)C3)C4)cccc2n1. The minimum absolute atomic E-state index is 0.0167. The maximum absolute atomic E-state index is 12.9. The molecule has 0 spiro atoms. The molecule has 0 saturated heterocycles. The third-order valence-corrected chi connectivity index (χ3v) is 6.96. The molecule has 0 aromatic carbocycles. The lowest BCUT2D eigenvalue weighted by atomic mass is 9.49. The van der Waals surface area contributed by atoms with Gasteiger partial charge in [-0.1, -0.05) is 6.07 Å². The van der Waals surface area contributed by atoms with Crippen molar-refractivity contribution in [1.82, 2.24) is 14.7 Å². The highest BCUT2D eigenvalue weighted by molar-refractivity contribution is 5.93. The largest absolute Gasteiger partial charge is 0.350 e. The molecule has 5 heteroatoms. The van der Waals surface area contributed by atoms with Crippen LogP contribution in [0, 0.1) is 23.2 Å². The van der Waals surface area contributed by atoms with Gasteiger partial charge >= 0.3 is 0 Å². The first kappa shape index (κ1) is 16.3. The Bertz CT molecular complexity index is 804. The summed E-state index contributed by atoms with van der Waals surface area (Å²) in [4.78, 5) is 17.5. The molecule has 2 aromatic rings. The number of hydrogen-bond acceptors (Lipinski definition) is 3. The van der Waals surface area contributed by atoms with E-state index in [0.29, 0.717) is 17.7 Å². The summed E-state index contributed by atoms with van der Waals surface area (Å²) in [5.74, 6) is 2.75. The molecule has 3 N–H and O–H groups in total. The van der Waals surface area contributed by atoms with Crippen molar-refractivity contribution >= 4 is 11.6 Å². The molecular formula is C21H28N4O. The third kappa shape index (κ3) is 2.73. The van der Waals surface area contributed by atoms with Gasteiger partial charge in [-0.2, -0.15) is 0 Å². The zero-order valence-electron chi connectivity index (χ0n) is 15.3. The van der Waals surface area contributed by atoms with Crippen LogP contribution in [0.5, 0.6) is 0 Å². The smallest absolute Gasteiger partial charge is 0.268 e. The second-order valence-corrected chi connectivity index (χ2v) is 9.01. The van der Waals surface area contributed by atoms with Gasteiger partial charge in [0.1, 0.15) is 11.3 Å². The van der Waals surface area contributed by atoms with Gasteiger partial charge in [0.05, 0.1) is 5.69 Å². The van der Waals surface area contributed by atoms with Crippen molar-refractivity contribution in [2.24, 2.45) is 28.9 Å². The lowest BCUT2D eigenvalue weighted by molar-refractivity contribution is -0.0503. The van der Waals surface area contributed by atoms with E-state index in [1.165, 1.54) is 38.5 Å². The van der Waals surface area contributed by atoms with Crippen LogP contribution in [0.1, 0.15) is 54.7 Å². The topological polar surface area (TPSA) is 72.4 Å². The van der Waals surface area contributed by atoms with Crippen LogP contribution in [0.4, 0.5) is 0 Å². The molecule has 1 amide bonds. The first-order valence-electron chi connectivity index (χ1n) is 10.1. The number of nitrogens with two attached hydrogens (primary N) is 1. The van der Waals surface area contributed by atoms with Crippen LogP contribution < -0.4 is 11.1 Å². The van der Waals surface area contributed by atoms with Crippen LogP contribution >= 0.6 is 0 Å². The minimum atomic E-state index is 0.0167. The van der Waals surface area contributed by atoms with Crippen molar-refractivity contribution in [3.63, 3.8) is 0 Å². The number of nitrogens with zero attached hydrogens (tertiary/aromatic N) is 2. The van der Waals surface area contributed by atoms with E-state index < -0.39 is 0 Å². The Balaban J connectivity index is 1.34. The highest BCUT2D eigenvalue weighted by Gasteiger charge is 2.50. The second-order valence-electron chi connectivity index (χ2n) is 9.01. The zero-order chi connectivity index (χ0) is 17.7. The quantitative estimate of drug-likeness (QED) is 0.869. The summed E-state index contributed by atoms with van der Waals surface area (Å²) >= 11 is 0. The maximum Gasteiger partial charge on any atom is 0.268 e. The van der Waals surface area contributed by atoms with E-state index in [1.54, 1.807) is 0 Å². The molecule has 2 aromatic heterocycles. The third-order valence-electron chi connectivity index (χ3n) is 6.96. The number of amides is 1.